The van der Waals surface area contributed by atoms with Gasteiger partial charge in [0.2, 0.25) is 0 Å². The number of para-hydroxylation sites is 1. The van der Waals surface area contributed by atoms with Crippen LogP contribution in [0, 0.1) is 5.82 Å². The van der Waals surface area contributed by atoms with Gasteiger partial charge < -0.3 is 14.5 Å². The molecule has 4 aromatic rings. The van der Waals surface area contributed by atoms with Crippen LogP contribution in [0.25, 0.3) is 11.3 Å². The van der Waals surface area contributed by atoms with E-state index in [-0.39, 0.29) is 22.8 Å². The highest BCUT2D eigenvalue weighted by molar-refractivity contribution is 7.14. The van der Waals surface area contributed by atoms with E-state index < -0.39 is 24.4 Å². The molecule has 10 heteroatoms. The number of halogens is 1. The van der Waals surface area contributed by atoms with Crippen molar-refractivity contribution < 1.29 is 27.9 Å². The van der Waals surface area contributed by atoms with E-state index in [1.807, 2.05) is 0 Å². The summed E-state index contributed by atoms with van der Waals surface area (Å²) in [6.45, 7) is -0.551. The number of benzene rings is 2. The Labute approximate surface area is 191 Å². The number of anilines is 2. The molecule has 0 saturated heterocycles. The van der Waals surface area contributed by atoms with E-state index in [2.05, 4.69) is 15.6 Å². The monoisotopic (exact) mass is 465 g/mol. The lowest BCUT2D eigenvalue weighted by Crippen LogP contribution is -2.22. The molecule has 0 bridgehead atoms. The first kappa shape index (κ1) is 21.9. The van der Waals surface area contributed by atoms with Crippen molar-refractivity contribution in [2.24, 2.45) is 0 Å². The average Bonchev–Trinajstić information content (AvgIpc) is 3.51. The van der Waals surface area contributed by atoms with E-state index in [0.717, 1.165) is 0 Å². The van der Waals surface area contributed by atoms with Gasteiger partial charge in [0.15, 0.2) is 17.5 Å². The molecule has 2 N–H and O–H groups in total. The van der Waals surface area contributed by atoms with Gasteiger partial charge in [0.25, 0.3) is 11.8 Å². The minimum atomic E-state index is -0.786. The lowest BCUT2D eigenvalue weighted by molar-refractivity contribution is -0.119. The van der Waals surface area contributed by atoms with Crippen LogP contribution in [-0.2, 0) is 9.53 Å². The number of furan rings is 1. The summed E-state index contributed by atoms with van der Waals surface area (Å²) in [5, 5.41) is 7.15. The molecule has 0 spiro atoms. The van der Waals surface area contributed by atoms with E-state index >= 15 is 0 Å². The van der Waals surface area contributed by atoms with Crippen molar-refractivity contribution >= 4 is 39.9 Å². The Kier molecular flexibility index (Phi) is 6.56. The summed E-state index contributed by atoms with van der Waals surface area (Å²) in [6.07, 6.45) is 1.36. The maximum atomic E-state index is 13.1. The van der Waals surface area contributed by atoms with Crippen LogP contribution in [0.15, 0.2) is 76.7 Å². The second kappa shape index (κ2) is 9.88. The predicted octanol–water partition coefficient (Wildman–Crippen LogP) is 4.59. The van der Waals surface area contributed by atoms with Gasteiger partial charge in [0.05, 0.1) is 23.2 Å². The van der Waals surface area contributed by atoms with Crippen LogP contribution in [0.3, 0.4) is 0 Å². The Hall–Kier alpha value is -4.31. The quantitative estimate of drug-likeness (QED) is 0.386. The van der Waals surface area contributed by atoms with Crippen molar-refractivity contribution in [3.63, 3.8) is 0 Å². The molecule has 2 heterocycles. The van der Waals surface area contributed by atoms with Gasteiger partial charge in [0, 0.05) is 10.9 Å². The number of nitrogens with one attached hydrogen (secondary N) is 2. The molecular formula is C23H16FN3O5S. The van der Waals surface area contributed by atoms with Gasteiger partial charge in [-0.1, -0.05) is 12.1 Å². The minimum Gasteiger partial charge on any atom is -0.459 e. The number of thiazole rings is 1. The molecule has 166 valence electrons. The number of nitrogens with zero attached hydrogens (tertiary/aromatic N) is 1. The van der Waals surface area contributed by atoms with Gasteiger partial charge in [-0.2, -0.15) is 0 Å². The summed E-state index contributed by atoms with van der Waals surface area (Å²) < 4.78 is 23.2. The molecule has 2 aromatic heterocycles. The maximum absolute atomic E-state index is 13.1. The molecule has 0 unspecified atom stereocenters. The third-order valence-electron chi connectivity index (χ3n) is 4.37. The first-order chi connectivity index (χ1) is 16.0. The lowest BCUT2D eigenvalue weighted by atomic mass is 10.1. The predicted molar refractivity (Wildman–Crippen MR) is 120 cm³/mol. The zero-order chi connectivity index (χ0) is 23.2. The van der Waals surface area contributed by atoms with Gasteiger partial charge >= 0.3 is 5.97 Å². The van der Waals surface area contributed by atoms with Gasteiger partial charge in [-0.15, -0.1) is 11.3 Å². The summed E-state index contributed by atoms with van der Waals surface area (Å²) >= 11 is 1.18. The highest BCUT2D eigenvalue weighted by Crippen LogP contribution is 2.25. The van der Waals surface area contributed by atoms with E-state index in [4.69, 9.17) is 9.15 Å². The Morgan fingerprint density at radius 2 is 1.79 bits per heavy atom. The number of ether oxygens (including phenoxy) is 1. The molecule has 0 radical (unpaired) electrons. The molecule has 2 aromatic carbocycles. The summed E-state index contributed by atoms with van der Waals surface area (Å²) in [5.74, 6) is -2.17. The van der Waals surface area contributed by atoms with Gasteiger partial charge in [-0.3, -0.25) is 14.9 Å². The minimum absolute atomic E-state index is 0.0815. The number of hydrogen-bond acceptors (Lipinski definition) is 7. The Bertz CT molecular complexity index is 1290. The largest absolute Gasteiger partial charge is 0.459 e. The fourth-order valence-corrected chi connectivity index (χ4v) is 3.55. The number of rotatable bonds is 7. The number of amides is 2. The van der Waals surface area contributed by atoms with Crippen molar-refractivity contribution in [1.29, 1.82) is 0 Å². The molecule has 33 heavy (non-hydrogen) atoms. The van der Waals surface area contributed by atoms with Crippen LogP contribution in [0.4, 0.5) is 15.2 Å². The molecule has 0 saturated carbocycles. The van der Waals surface area contributed by atoms with Crippen LogP contribution in [0.2, 0.25) is 0 Å². The van der Waals surface area contributed by atoms with Gasteiger partial charge in [-0.05, 0) is 48.5 Å². The van der Waals surface area contributed by atoms with Crippen LogP contribution in [0.5, 0.6) is 0 Å². The number of carbonyl (C=O) groups excluding carboxylic acids is 3. The number of hydrogen-bond donors (Lipinski definition) is 2. The molecule has 0 aliphatic heterocycles. The molecule has 2 amide bonds. The standard InChI is InChI=1S/C23H16FN3O5S/c24-15-9-7-14(8-10-15)18-13-33-23(26-18)27-20(28)12-32-22(30)16-4-1-2-5-17(16)25-21(29)19-6-3-11-31-19/h1-11,13H,12H2,(H,25,29)(H,26,27,28). The van der Waals surface area contributed by atoms with E-state index in [1.165, 1.54) is 47.9 Å². The molecule has 0 aliphatic carbocycles. The highest BCUT2D eigenvalue weighted by atomic mass is 32.1. The van der Waals surface area contributed by atoms with Crippen LogP contribution in [0.1, 0.15) is 20.9 Å². The first-order valence-corrected chi connectivity index (χ1v) is 10.5. The maximum Gasteiger partial charge on any atom is 0.340 e. The zero-order valence-electron chi connectivity index (χ0n) is 16.9. The molecule has 0 atom stereocenters. The molecule has 0 aliphatic rings. The summed E-state index contributed by atoms with van der Waals surface area (Å²) in [5.41, 5.74) is 1.58. The van der Waals surface area contributed by atoms with Crippen LogP contribution in [-0.4, -0.2) is 29.4 Å². The smallest absolute Gasteiger partial charge is 0.340 e. The summed E-state index contributed by atoms with van der Waals surface area (Å²) in [4.78, 5) is 41.2. The SMILES string of the molecule is O=C(COC(=O)c1ccccc1NC(=O)c1ccco1)Nc1nc(-c2ccc(F)cc2)cs1. The van der Waals surface area contributed by atoms with Crippen molar-refractivity contribution in [1.82, 2.24) is 4.98 Å². The van der Waals surface area contributed by atoms with E-state index in [1.54, 1.807) is 35.7 Å². The van der Waals surface area contributed by atoms with Crippen molar-refractivity contribution in [3.05, 3.63) is 89.4 Å². The van der Waals surface area contributed by atoms with Gasteiger partial charge in [0.1, 0.15) is 5.82 Å². The fraction of sp³-hybridized carbons (Fsp3) is 0.0435. The van der Waals surface area contributed by atoms with Crippen molar-refractivity contribution in [2.75, 3.05) is 17.2 Å². The van der Waals surface area contributed by atoms with Crippen LogP contribution < -0.4 is 10.6 Å². The van der Waals surface area contributed by atoms with Crippen molar-refractivity contribution in [2.45, 2.75) is 0 Å². The average molecular weight is 465 g/mol. The number of carbonyl (C=O) groups is 3. The molecule has 0 fully saturated rings. The second-order valence-electron chi connectivity index (χ2n) is 6.65. The second-order valence-corrected chi connectivity index (χ2v) is 7.50. The number of aromatic nitrogens is 1. The topological polar surface area (TPSA) is 111 Å². The van der Waals surface area contributed by atoms with Gasteiger partial charge in [-0.25, -0.2) is 14.2 Å². The zero-order valence-corrected chi connectivity index (χ0v) is 17.7. The number of esters is 1. The first-order valence-electron chi connectivity index (χ1n) is 9.62. The molecule has 8 nitrogen and oxygen atoms in total. The van der Waals surface area contributed by atoms with E-state index in [0.29, 0.717) is 16.4 Å². The summed E-state index contributed by atoms with van der Waals surface area (Å²) in [7, 11) is 0. The molecule has 4 rings (SSSR count). The normalized spacial score (nSPS) is 10.5. The van der Waals surface area contributed by atoms with E-state index in [9.17, 15) is 18.8 Å². The third-order valence-corrected chi connectivity index (χ3v) is 5.12. The van der Waals surface area contributed by atoms with Crippen molar-refractivity contribution in [3.8, 4) is 11.3 Å². The Balaban J connectivity index is 1.34. The lowest BCUT2D eigenvalue weighted by Gasteiger charge is -2.10. The highest BCUT2D eigenvalue weighted by Gasteiger charge is 2.18. The Morgan fingerprint density at radius 3 is 2.55 bits per heavy atom. The Morgan fingerprint density at radius 1 is 1.00 bits per heavy atom. The third kappa shape index (κ3) is 5.49. The van der Waals surface area contributed by atoms with Crippen LogP contribution >= 0.6 is 11.3 Å². The fourth-order valence-electron chi connectivity index (χ4n) is 2.81. The molecular weight excluding hydrogens is 449 g/mol. The summed E-state index contributed by atoms with van der Waals surface area (Å²) in [6, 6.07) is 15.1.